The Morgan fingerprint density at radius 1 is 0.871 bits per heavy atom. The Morgan fingerprint density at radius 3 is 2.19 bits per heavy atom. The lowest BCUT2D eigenvalue weighted by atomic mass is 10.0. The maximum Gasteiger partial charge on any atom is 0.337 e. The topological polar surface area (TPSA) is 44.1 Å². The van der Waals surface area contributed by atoms with Crippen LogP contribution in [0.25, 0.3) is 22.5 Å². The summed E-state index contributed by atoms with van der Waals surface area (Å²) >= 11 is 0. The molecule has 4 nitrogen and oxygen atoms in total. The van der Waals surface area contributed by atoms with Crippen molar-refractivity contribution in [2.45, 2.75) is 27.3 Å². The standard InChI is InChI=1S/C27H26N2O2/c1-18-8-5-11-22(14-18)25-20(3)26(23-12-6-9-19(2)15-23)29(28-25)17-21-10-7-13-24(16-21)27(30)31-4/h5-16H,17H2,1-4H3. The molecule has 0 aliphatic rings. The molecule has 1 heterocycles. The number of hydrogen-bond donors (Lipinski definition) is 0. The van der Waals surface area contributed by atoms with E-state index in [0.717, 1.165) is 33.6 Å². The van der Waals surface area contributed by atoms with Crippen molar-refractivity contribution in [3.8, 4) is 22.5 Å². The fourth-order valence-electron chi connectivity index (χ4n) is 3.98. The summed E-state index contributed by atoms with van der Waals surface area (Å²) < 4.78 is 6.92. The average Bonchev–Trinajstić information content (AvgIpc) is 3.09. The van der Waals surface area contributed by atoms with Crippen molar-refractivity contribution < 1.29 is 9.53 Å². The van der Waals surface area contributed by atoms with Gasteiger partial charge in [-0.25, -0.2) is 4.79 Å². The Bertz CT molecular complexity index is 1250. The number of aromatic nitrogens is 2. The van der Waals surface area contributed by atoms with Crippen LogP contribution in [0.3, 0.4) is 0 Å². The first-order valence-electron chi connectivity index (χ1n) is 10.3. The SMILES string of the molecule is COC(=O)c1cccc(Cn2nc(-c3cccc(C)c3)c(C)c2-c2cccc(C)c2)c1. The maximum absolute atomic E-state index is 12.0. The number of carbonyl (C=O) groups is 1. The van der Waals surface area contributed by atoms with Gasteiger partial charge >= 0.3 is 5.97 Å². The second-order valence-electron chi connectivity index (χ2n) is 7.91. The van der Waals surface area contributed by atoms with Crippen molar-refractivity contribution >= 4 is 5.97 Å². The van der Waals surface area contributed by atoms with Crippen LogP contribution in [0.1, 0.15) is 32.6 Å². The van der Waals surface area contributed by atoms with E-state index in [1.807, 2.05) is 22.9 Å². The Balaban J connectivity index is 1.85. The molecule has 1 aromatic heterocycles. The van der Waals surface area contributed by atoms with E-state index in [1.165, 1.54) is 18.2 Å². The smallest absolute Gasteiger partial charge is 0.337 e. The van der Waals surface area contributed by atoms with Gasteiger partial charge in [0.15, 0.2) is 0 Å². The van der Waals surface area contributed by atoms with Crippen LogP contribution in [0.2, 0.25) is 0 Å². The van der Waals surface area contributed by atoms with Crippen LogP contribution in [0, 0.1) is 20.8 Å². The summed E-state index contributed by atoms with van der Waals surface area (Å²) in [4.78, 5) is 12.0. The third-order valence-corrected chi connectivity index (χ3v) is 5.45. The van der Waals surface area contributed by atoms with Crippen molar-refractivity contribution in [1.29, 1.82) is 0 Å². The zero-order valence-corrected chi connectivity index (χ0v) is 18.3. The Labute approximate surface area is 183 Å². The molecule has 0 saturated carbocycles. The fraction of sp³-hybridized carbons (Fsp3) is 0.185. The van der Waals surface area contributed by atoms with Crippen LogP contribution in [0.5, 0.6) is 0 Å². The molecule has 0 unspecified atom stereocenters. The van der Waals surface area contributed by atoms with Gasteiger partial charge in [-0.1, -0.05) is 59.7 Å². The molecule has 4 aromatic rings. The molecule has 0 aliphatic carbocycles. The summed E-state index contributed by atoms with van der Waals surface area (Å²) in [6.07, 6.45) is 0. The van der Waals surface area contributed by atoms with Crippen molar-refractivity contribution in [2.24, 2.45) is 0 Å². The molecule has 0 radical (unpaired) electrons. The van der Waals surface area contributed by atoms with Gasteiger partial charge in [0.25, 0.3) is 0 Å². The van der Waals surface area contributed by atoms with Gasteiger partial charge in [0, 0.05) is 16.7 Å². The van der Waals surface area contributed by atoms with Crippen LogP contribution in [0.4, 0.5) is 0 Å². The van der Waals surface area contributed by atoms with E-state index >= 15 is 0 Å². The summed E-state index contributed by atoms with van der Waals surface area (Å²) in [7, 11) is 1.40. The third kappa shape index (κ3) is 4.29. The van der Waals surface area contributed by atoms with Crippen LogP contribution >= 0.6 is 0 Å². The molecular weight excluding hydrogens is 384 g/mol. The van der Waals surface area contributed by atoms with Crippen LogP contribution < -0.4 is 0 Å². The number of ether oxygens (including phenoxy) is 1. The average molecular weight is 411 g/mol. The summed E-state index contributed by atoms with van der Waals surface area (Å²) in [6, 6.07) is 24.4. The summed E-state index contributed by atoms with van der Waals surface area (Å²) in [6.45, 7) is 6.88. The molecule has 0 fully saturated rings. The molecule has 0 N–H and O–H groups in total. The molecule has 31 heavy (non-hydrogen) atoms. The minimum Gasteiger partial charge on any atom is -0.465 e. The van der Waals surface area contributed by atoms with Gasteiger partial charge in [-0.3, -0.25) is 4.68 Å². The molecule has 156 valence electrons. The molecule has 4 heteroatoms. The van der Waals surface area contributed by atoms with Crippen molar-refractivity contribution in [1.82, 2.24) is 9.78 Å². The lowest BCUT2D eigenvalue weighted by molar-refractivity contribution is 0.0600. The van der Waals surface area contributed by atoms with Crippen LogP contribution in [0.15, 0.2) is 72.8 Å². The Morgan fingerprint density at radius 2 is 1.52 bits per heavy atom. The lowest BCUT2D eigenvalue weighted by Gasteiger charge is -2.10. The van der Waals surface area contributed by atoms with E-state index in [1.54, 1.807) is 6.07 Å². The highest BCUT2D eigenvalue weighted by Gasteiger charge is 2.18. The normalized spacial score (nSPS) is 10.8. The fourth-order valence-corrected chi connectivity index (χ4v) is 3.98. The second-order valence-corrected chi connectivity index (χ2v) is 7.91. The largest absolute Gasteiger partial charge is 0.465 e. The van der Waals surface area contributed by atoms with Gasteiger partial charge in [-0.2, -0.15) is 5.10 Å². The van der Waals surface area contributed by atoms with Crippen molar-refractivity contribution in [3.63, 3.8) is 0 Å². The minimum absolute atomic E-state index is 0.335. The van der Waals surface area contributed by atoms with Gasteiger partial charge in [-0.15, -0.1) is 0 Å². The molecule has 0 saturated heterocycles. The molecule has 0 aliphatic heterocycles. The molecule has 4 rings (SSSR count). The zero-order valence-electron chi connectivity index (χ0n) is 18.3. The van der Waals surface area contributed by atoms with Crippen LogP contribution in [-0.4, -0.2) is 22.9 Å². The van der Waals surface area contributed by atoms with E-state index in [0.29, 0.717) is 12.1 Å². The number of esters is 1. The predicted molar refractivity (Wildman–Crippen MR) is 124 cm³/mol. The van der Waals surface area contributed by atoms with Gasteiger partial charge in [0.1, 0.15) is 0 Å². The van der Waals surface area contributed by atoms with Crippen LogP contribution in [-0.2, 0) is 11.3 Å². The summed E-state index contributed by atoms with van der Waals surface area (Å²) in [5, 5.41) is 5.02. The second kappa shape index (κ2) is 8.60. The van der Waals surface area contributed by atoms with Gasteiger partial charge in [0.05, 0.1) is 30.6 Å². The van der Waals surface area contributed by atoms with Gasteiger partial charge in [0.2, 0.25) is 0 Å². The number of benzene rings is 3. The highest BCUT2D eigenvalue weighted by molar-refractivity contribution is 5.89. The predicted octanol–water partition coefficient (Wildman–Crippen LogP) is 5.98. The molecule has 0 spiro atoms. The van der Waals surface area contributed by atoms with E-state index in [2.05, 4.69) is 69.3 Å². The highest BCUT2D eigenvalue weighted by Crippen LogP contribution is 2.33. The molecule has 0 atom stereocenters. The summed E-state index contributed by atoms with van der Waals surface area (Å²) in [5.74, 6) is -0.335. The van der Waals surface area contributed by atoms with E-state index < -0.39 is 0 Å². The molecule has 0 bridgehead atoms. The number of aryl methyl sites for hydroxylation is 2. The minimum atomic E-state index is -0.335. The van der Waals surface area contributed by atoms with Crippen molar-refractivity contribution in [2.75, 3.05) is 7.11 Å². The molecular formula is C27H26N2O2. The molecule has 0 amide bonds. The summed E-state index contributed by atoms with van der Waals surface area (Å²) in [5.41, 5.74) is 9.38. The highest BCUT2D eigenvalue weighted by atomic mass is 16.5. The first kappa shape index (κ1) is 20.6. The van der Waals surface area contributed by atoms with E-state index in [9.17, 15) is 4.79 Å². The number of rotatable bonds is 5. The van der Waals surface area contributed by atoms with E-state index in [4.69, 9.17) is 9.84 Å². The zero-order chi connectivity index (χ0) is 22.0. The monoisotopic (exact) mass is 410 g/mol. The lowest BCUT2D eigenvalue weighted by Crippen LogP contribution is -2.07. The third-order valence-electron chi connectivity index (χ3n) is 5.45. The maximum atomic E-state index is 12.0. The number of carbonyl (C=O) groups excluding carboxylic acids is 1. The van der Waals surface area contributed by atoms with E-state index in [-0.39, 0.29) is 5.97 Å². The molecule has 3 aromatic carbocycles. The first-order valence-corrected chi connectivity index (χ1v) is 10.3. The first-order chi connectivity index (χ1) is 15.0. The Kier molecular flexibility index (Phi) is 5.72. The van der Waals surface area contributed by atoms with Gasteiger partial charge < -0.3 is 4.74 Å². The number of methoxy groups -OCH3 is 1. The van der Waals surface area contributed by atoms with Crippen molar-refractivity contribution in [3.05, 3.63) is 101 Å². The van der Waals surface area contributed by atoms with Gasteiger partial charge in [-0.05, 0) is 50.6 Å². The quantitative estimate of drug-likeness (QED) is 0.380. The number of hydrogen-bond acceptors (Lipinski definition) is 3. The number of nitrogens with zero attached hydrogens (tertiary/aromatic N) is 2. The Hall–Kier alpha value is -3.66.